The first-order chi connectivity index (χ1) is 7.89. The van der Waals surface area contributed by atoms with Crippen molar-refractivity contribution in [2.75, 3.05) is 13.1 Å². The van der Waals surface area contributed by atoms with Crippen molar-refractivity contribution >= 4 is 5.97 Å². The Morgan fingerprint density at radius 1 is 1.53 bits per heavy atom. The molecule has 4 heteroatoms. The maximum absolute atomic E-state index is 11.5. The minimum Gasteiger partial charge on any atom is -0.480 e. The predicted octanol–water partition coefficient (Wildman–Crippen LogP) is 1.70. The second-order valence-corrected chi connectivity index (χ2v) is 5.64. The van der Waals surface area contributed by atoms with Crippen molar-refractivity contribution in [1.29, 1.82) is 0 Å². The van der Waals surface area contributed by atoms with Crippen LogP contribution >= 0.6 is 0 Å². The Kier molecular flexibility index (Phi) is 4.95. The lowest BCUT2D eigenvalue weighted by Crippen LogP contribution is -2.59. The molecule has 1 fully saturated rings. The first-order valence-electron chi connectivity index (χ1n) is 6.64. The quantitative estimate of drug-likeness (QED) is 0.680. The Hall–Kier alpha value is -0.610. The molecule has 1 aliphatic rings. The molecule has 0 bridgehead atoms. The maximum atomic E-state index is 11.5. The van der Waals surface area contributed by atoms with Gasteiger partial charge >= 0.3 is 5.97 Å². The third kappa shape index (κ3) is 4.28. The van der Waals surface area contributed by atoms with E-state index in [1.165, 1.54) is 12.8 Å². The van der Waals surface area contributed by atoms with E-state index in [2.05, 4.69) is 17.1 Å². The second-order valence-electron chi connectivity index (χ2n) is 5.64. The Balaban J connectivity index is 2.66. The van der Waals surface area contributed by atoms with Gasteiger partial charge in [0, 0.05) is 18.6 Å². The van der Waals surface area contributed by atoms with E-state index in [1.807, 2.05) is 13.8 Å². The van der Waals surface area contributed by atoms with Gasteiger partial charge in [-0.25, -0.2) is 0 Å². The second kappa shape index (κ2) is 5.83. The Labute approximate surface area is 104 Å². The summed E-state index contributed by atoms with van der Waals surface area (Å²) in [4.78, 5) is 13.8. The van der Waals surface area contributed by atoms with E-state index < -0.39 is 11.5 Å². The minimum atomic E-state index is -0.841. The Morgan fingerprint density at radius 2 is 2.12 bits per heavy atom. The standard InChI is InChI=1S/C13H26N2O2/c1-5-8-15(11-6-7-11)9-13(4,12(16)17)14-10(2)3/h10-11,14H,5-9H2,1-4H3,(H,16,17). The van der Waals surface area contributed by atoms with Crippen molar-refractivity contribution < 1.29 is 9.90 Å². The summed E-state index contributed by atoms with van der Waals surface area (Å²) >= 11 is 0. The predicted molar refractivity (Wildman–Crippen MR) is 69.2 cm³/mol. The van der Waals surface area contributed by atoms with Crippen LogP contribution in [0.4, 0.5) is 0 Å². The summed E-state index contributed by atoms with van der Waals surface area (Å²) in [5.74, 6) is -0.757. The fourth-order valence-corrected chi connectivity index (χ4v) is 2.34. The molecule has 17 heavy (non-hydrogen) atoms. The largest absolute Gasteiger partial charge is 0.480 e. The van der Waals surface area contributed by atoms with Crippen LogP contribution in [0.25, 0.3) is 0 Å². The maximum Gasteiger partial charge on any atom is 0.324 e. The fraction of sp³-hybridized carbons (Fsp3) is 0.923. The van der Waals surface area contributed by atoms with Crippen LogP contribution in [0, 0.1) is 0 Å². The van der Waals surface area contributed by atoms with Crippen LogP contribution in [-0.4, -0.2) is 46.7 Å². The lowest BCUT2D eigenvalue weighted by molar-refractivity contribution is -0.145. The number of carbonyl (C=O) groups is 1. The van der Waals surface area contributed by atoms with Crippen LogP contribution in [0.15, 0.2) is 0 Å². The summed E-state index contributed by atoms with van der Waals surface area (Å²) < 4.78 is 0. The average Bonchev–Trinajstić information content (AvgIpc) is 2.98. The molecule has 1 atom stereocenters. The first kappa shape index (κ1) is 14.5. The van der Waals surface area contributed by atoms with Crippen LogP contribution in [0.2, 0.25) is 0 Å². The normalized spacial score (nSPS) is 19.6. The molecule has 1 unspecified atom stereocenters. The average molecular weight is 242 g/mol. The van der Waals surface area contributed by atoms with Crippen molar-refractivity contribution in [3.63, 3.8) is 0 Å². The SMILES string of the molecule is CCCN(CC(C)(NC(C)C)C(=O)O)C1CC1. The van der Waals surface area contributed by atoms with Gasteiger partial charge in [0.2, 0.25) is 0 Å². The topological polar surface area (TPSA) is 52.6 Å². The molecular weight excluding hydrogens is 216 g/mol. The van der Waals surface area contributed by atoms with E-state index in [-0.39, 0.29) is 6.04 Å². The summed E-state index contributed by atoms with van der Waals surface area (Å²) in [6, 6.07) is 0.793. The number of hydrogen-bond donors (Lipinski definition) is 2. The summed E-state index contributed by atoms with van der Waals surface area (Å²) in [5.41, 5.74) is -0.841. The zero-order valence-corrected chi connectivity index (χ0v) is 11.5. The van der Waals surface area contributed by atoms with Crippen molar-refractivity contribution in [3.8, 4) is 0 Å². The molecule has 0 saturated heterocycles. The zero-order valence-electron chi connectivity index (χ0n) is 11.5. The lowest BCUT2D eigenvalue weighted by Gasteiger charge is -2.34. The molecule has 0 aromatic carbocycles. The van der Waals surface area contributed by atoms with Gasteiger partial charge in [-0.1, -0.05) is 6.92 Å². The van der Waals surface area contributed by atoms with Gasteiger partial charge in [0.25, 0.3) is 0 Å². The van der Waals surface area contributed by atoms with Gasteiger partial charge in [-0.2, -0.15) is 0 Å². The lowest BCUT2D eigenvalue weighted by atomic mass is 10.00. The van der Waals surface area contributed by atoms with Gasteiger partial charge in [0.05, 0.1) is 0 Å². The van der Waals surface area contributed by atoms with E-state index in [0.29, 0.717) is 12.6 Å². The molecule has 0 aromatic rings. The molecule has 4 nitrogen and oxygen atoms in total. The van der Waals surface area contributed by atoms with Crippen molar-refractivity contribution in [2.24, 2.45) is 0 Å². The van der Waals surface area contributed by atoms with Gasteiger partial charge in [-0.05, 0) is 46.6 Å². The molecule has 0 aliphatic heterocycles. The van der Waals surface area contributed by atoms with Crippen molar-refractivity contribution in [2.45, 2.75) is 64.6 Å². The number of aliphatic carboxylic acids is 1. The highest BCUT2D eigenvalue weighted by atomic mass is 16.4. The van der Waals surface area contributed by atoms with Crippen molar-refractivity contribution in [1.82, 2.24) is 10.2 Å². The highest BCUT2D eigenvalue weighted by Gasteiger charge is 2.39. The third-order valence-corrected chi connectivity index (χ3v) is 3.17. The molecule has 1 rings (SSSR count). The highest BCUT2D eigenvalue weighted by molar-refractivity contribution is 5.78. The monoisotopic (exact) mass is 242 g/mol. The van der Waals surface area contributed by atoms with Crippen LogP contribution in [0.1, 0.15) is 47.0 Å². The van der Waals surface area contributed by atoms with Crippen LogP contribution < -0.4 is 5.32 Å². The Morgan fingerprint density at radius 3 is 2.47 bits per heavy atom. The zero-order chi connectivity index (χ0) is 13.1. The van der Waals surface area contributed by atoms with E-state index in [4.69, 9.17) is 0 Å². The molecule has 0 amide bonds. The third-order valence-electron chi connectivity index (χ3n) is 3.17. The summed E-state index contributed by atoms with van der Waals surface area (Å²) in [6.07, 6.45) is 3.52. The number of nitrogens with one attached hydrogen (secondary N) is 1. The molecular formula is C13H26N2O2. The Bertz CT molecular complexity index is 264. The highest BCUT2D eigenvalue weighted by Crippen LogP contribution is 2.28. The first-order valence-corrected chi connectivity index (χ1v) is 6.64. The number of hydrogen-bond acceptors (Lipinski definition) is 3. The summed E-state index contributed by atoms with van der Waals surface area (Å²) in [7, 11) is 0. The fourth-order valence-electron chi connectivity index (χ4n) is 2.34. The van der Waals surface area contributed by atoms with Crippen LogP contribution in [0.3, 0.4) is 0 Å². The minimum absolute atomic E-state index is 0.179. The molecule has 1 saturated carbocycles. The molecule has 0 aromatic heterocycles. The van der Waals surface area contributed by atoms with Crippen LogP contribution in [-0.2, 0) is 4.79 Å². The van der Waals surface area contributed by atoms with E-state index >= 15 is 0 Å². The van der Waals surface area contributed by atoms with Gasteiger partial charge in [0.1, 0.15) is 5.54 Å². The van der Waals surface area contributed by atoms with E-state index in [1.54, 1.807) is 6.92 Å². The molecule has 2 N–H and O–H groups in total. The van der Waals surface area contributed by atoms with Gasteiger partial charge in [-0.3, -0.25) is 15.0 Å². The molecule has 0 spiro atoms. The summed E-state index contributed by atoms with van der Waals surface area (Å²) in [6.45, 7) is 9.50. The number of rotatable bonds is 8. The van der Waals surface area contributed by atoms with Gasteiger partial charge in [-0.15, -0.1) is 0 Å². The van der Waals surface area contributed by atoms with Gasteiger partial charge < -0.3 is 5.11 Å². The molecule has 100 valence electrons. The van der Waals surface area contributed by atoms with E-state index in [9.17, 15) is 9.90 Å². The summed E-state index contributed by atoms with van der Waals surface area (Å²) in [5, 5.41) is 12.6. The van der Waals surface area contributed by atoms with Crippen LogP contribution in [0.5, 0.6) is 0 Å². The molecule has 1 aliphatic carbocycles. The number of nitrogens with zero attached hydrogens (tertiary/aromatic N) is 1. The number of carboxylic acid groups (broad SMARTS) is 1. The number of carboxylic acids is 1. The van der Waals surface area contributed by atoms with Gasteiger partial charge in [0.15, 0.2) is 0 Å². The van der Waals surface area contributed by atoms with Crippen molar-refractivity contribution in [3.05, 3.63) is 0 Å². The van der Waals surface area contributed by atoms with E-state index in [0.717, 1.165) is 13.0 Å². The molecule has 0 radical (unpaired) electrons. The molecule has 0 heterocycles. The smallest absolute Gasteiger partial charge is 0.324 e.